The molecule has 0 aromatic carbocycles. The van der Waals surface area contributed by atoms with E-state index in [-0.39, 0.29) is 6.04 Å². The summed E-state index contributed by atoms with van der Waals surface area (Å²) in [5.74, 6) is 1.28. The SMILES string of the molecule is C[C@@H]1COCCN1c1cc(-c2ccn(C(F)F)n2)c2cnc(-c3ccn[nH]3)n2n1. The minimum Gasteiger partial charge on any atom is -0.377 e. The molecule has 1 saturated heterocycles. The standard InChI is InChI=1S/C18H18F2N8O/c1-11-10-29-7-6-26(11)16-8-12(13-3-5-27(24-13)18(19)20)15-9-21-17(28(15)25-16)14-2-4-22-23-14/h2-5,8-9,11,18H,6-7,10H2,1H3,(H,22,23)/t11-/m1/s1. The summed E-state index contributed by atoms with van der Waals surface area (Å²) in [4.78, 5) is 6.61. The molecular formula is C18H18F2N8O. The van der Waals surface area contributed by atoms with Crippen LogP contribution in [0.25, 0.3) is 28.3 Å². The largest absolute Gasteiger partial charge is 0.377 e. The van der Waals surface area contributed by atoms with Gasteiger partial charge in [-0.15, -0.1) is 5.10 Å². The summed E-state index contributed by atoms with van der Waals surface area (Å²) < 4.78 is 34.0. The number of aromatic nitrogens is 7. The summed E-state index contributed by atoms with van der Waals surface area (Å²) in [5, 5.41) is 15.7. The van der Waals surface area contributed by atoms with Gasteiger partial charge in [-0.2, -0.15) is 19.0 Å². The Kier molecular flexibility index (Phi) is 4.23. The van der Waals surface area contributed by atoms with Crippen LogP contribution in [-0.2, 0) is 4.74 Å². The van der Waals surface area contributed by atoms with Crippen molar-refractivity contribution < 1.29 is 13.5 Å². The van der Waals surface area contributed by atoms with E-state index in [1.165, 1.54) is 6.20 Å². The number of alkyl halides is 2. The number of H-pyrrole nitrogens is 1. The maximum absolute atomic E-state index is 13.1. The third-order valence-corrected chi connectivity index (χ3v) is 4.98. The molecule has 1 aliphatic rings. The first-order valence-corrected chi connectivity index (χ1v) is 9.18. The van der Waals surface area contributed by atoms with E-state index >= 15 is 0 Å². The van der Waals surface area contributed by atoms with Crippen LogP contribution in [0.3, 0.4) is 0 Å². The molecule has 4 aromatic heterocycles. The van der Waals surface area contributed by atoms with Crippen molar-refractivity contribution in [3.8, 4) is 22.8 Å². The average Bonchev–Trinajstić information content (AvgIpc) is 3.46. The first kappa shape index (κ1) is 17.7. The van der Waals surface area contributed by atoms with E-state index in [9.17, 15) is 8.78 Å². The molecule has 0 aliphatic carbocycles. The van der Waals surface area contributed by atoms with Gasteiger partial charge < -0.3 is 9.64 Å². The lowest BCUT2D eigenvalue weighted by Gasteiger charge is -2.34. The lowest BCUT2D eigenvalue weighted by atomic mass is 10.1. The Balaban J connectivity index is 1.71. The average molecular weight is 400 g/mol. The quantitative estimate of drug-likeness (QED) is 0.567. The monoisotopic (exact) mass is 400 g/mol. The van der Waals surface area contributed by atoms with Crippen LogP contribution in [0.2, 0.25) is 0 Å². The van der Waals surface area contributed by atoms with E-state index in [1.807, 2.05) is 6.07 Å². The number of hydrogen-bond donors (Lipinski definition) is 1. The predicted octanol–water partition coefficient (Wildman–Crippen LogP) is 2.60. The fourth-order valence-electron chi connectivity index (χ4n) is 3.53. The third-order valence-electron chi connectivity index (χ3n) is 4.98. The topological polar surface area (TPSA) is 89.2 Å². The van der Waals surface area contributed by atoms with Crippen LogP contribution in [0.1, 0.15) is 13.5 Å². The Morgan fingerprint density at radius 3 is 2.90 bits per heavy atom. The lowest BCUT2D eigenvalue weighted by molar-refractivity contribution is 0.0568. The Morgan fingerprint density at radius 2 is 2.17 bits per heavy atom. The van der Waals surface area contributed by atoms with Crippen molar-refractivity contribution in [1.82, 2.24) is 34.6 Å². The second kappa shape index (κ2) is 6.92. The number of hydrogen-bond acceptors (Lipinski definition) is 6. The zero-order valence-electron chi connectivity index (χ0n) is 15.5. The molecule has 29 heavy (non-hydrogen) atoms. The fourth-order valence-corrected chi connectivity index (χ4v) is 3.53. The molecule has 0 bridgehead atoms. The van der Waals surface area contributed by atoms with Crippen LogP contribution < -0.4 is 4.90 Å². The Labute approximate surface area is 163 Å². The molecule has 9 nitrogen and oxygen atoms in total. The molecule has 0 unspecified atom stereocenters. The highest BCUT2D eigenvalue weighted by atomic mass is 19.3. The van der Waals surface area contributed by atoms with Crippen LogP contribution in [0.4, 0.5) is 14.6 Å². The zero-order valence-corrected chi connectivity index (χ0v) is 15.5. The normalized spacial score (nSPS) is 17.5. The molecule has 1 aliphatic heterocycles. The maximum Gasteiger partial charge on any atom is 0.333 e. The van der Waals surface area contributed by atoms with Crippen LogP contribution in [0, 0.1) is 0 Å². The van der Waals surface area contributed by atoms with Crippen molar-refractivity contribution in [3.63, 3.8) is 0 Å². The van der Waals surface area contributed by atoms with Crippen molar-refractivity contribution in [2.45, 2.75) is 19.5 Å². The Bertz CT molecular complexity index is 1140. The molecule has 0 radical (unpaired) electrons. The molecule has 5 rings (SSSR count). The molecule has 150 valence electrons. The van der Waals surface area contributed by atoms with E-state index < -0.39 is 6.55 Å². The van der Waals surface area contributed by atoms with E-state index in [2.05, 4.69) is 32.1 Å². The van der Waals surface area contributed by atoms with E-state index in [0.29, 0.717) is 58.6 Å². The van der Waals surface area contributed by atoms with Crippen molar-refractivity contribution in [3.05, 3.63) is 36.8 Å². The number of fused-ring (bicyclic) bond motifs is 1. The van der Waals surface area contributed by atoms with Gasteiger partial charge in [0.15, 0.2) is 11.6 Å². The first-order valence-electron chi connectivity index (χ1n) is 9.18. The molecule has 1 N–H and O–H groups in total. The molecule has 0 amide bonds. The van der Waals surface area contributed by atoms with Gasteiger partial charge in [0, 0.05) is 24.5 Å². The first-order chi connectivity index (χ1) is 14.1. The van der Waals surface area contributed by atoms with Crippen LogP contribution in [0.15, 0.2) is 36.8 Å². The Hall–Kier alpha value is -3.34. The van der Waals surface area contributed by atoms with Crippen molar-refractivity contribution in [2.24, 2.45) is 0 Å². The molecule has 1 atom stereocenters. The number of nitrogens with zero attached hydrogens (tertiary/aromatic N) is 7. The highest BCUT2D eigenvalue weighted by Gasteiger charge is 2.24. The van der Waals surface area contributed by atoms with Crippen molar-refractivity contribution >= 4 is 11.3 Å². The van der Waals surface area contributed by atoms with Crippen LogP contribution in [0.5, 0.6) is 0 Å². The lowest BCUT2D eigenvalue weighted by Crippen LogP contribution is -2.44. The number of halogens is 2. The summed E-state index contributed by atoms with van der Waals surface area (Å²) in [5.41, 5.74) is 2.47. The van der Waals surface area contributed by atoms with Crippen molar-refractivity contribution in [2.75, 3.05) is 24.7 Å². The minimum absolute atomic E-state index is 0.124. The maximum atomic E-state index is 13.1. The van der Waals surface area contributed by atoms with Gasteiger partial charge in [0.25, 0.3) is 0 Å². The van der Waals surface area contributed by atoms with E-state index in [0.717, 1.165) is 0 Å². The molecule has 4 aromatic rings. The minimum atomic E-state index is -2.70. The van der Waals surface area contributed by atoms with Crippen LogP contribution >= 0.6 is 0 Å². The molecule has 5 heterocycles. The third kappa shape index (κ3) is 3.03. The molecular weight excluding hydrogens is 382 g/mol. The van der Waals surface area contributed by atoms with Gasteiger partial charge in [-0.3, -0.25) is 5.10 Å². The van der Waals surface area contributed by atoms with Gasteiger partial charge in [-0.25, -0.2) is 14.2 Å². The Morgan fingerprint density at radius 1 is 1.28 bits per heavy atom. The molecule has 11 heteroatoms. The zero-order chi connectivity index (χ0) is 20.0. The number of imidazole rings is 1. The molecule has 0 spiro atoms. The van der Waals surface area contributed by atoms with Crippen LogP contribution in [-0.4, -0.2) is 60.4 Å². The summed E-state index contributed by atoms with van der Waals surface area (Å²) in [6, 6.07) is 5.36. The van der Waals surface area contributed by atoms with Gasteiger partial charge in [-0.1, -0.05) is 0 Å². The smallest absolute Gasteiger partial charge is 0.333 e. The number of aromatic amines is 1. The predicted molar refractivity (Wildman–Crippen MR) is 101 cm³/mol. The second-order valence-corrected chi connectivity index (χ2v) is 6.84. The number of nitrogens with one attached hydrogen (secondary N) is 1. The number of anilines is 1. The van der Waals surface area contributed by atoms with E-state index in [4.69, 9.17) is 9.84 Å². The number of morpholine rings is 1. The van der Waals surface area contributed by atoms with Gasteiger partial charge in [0.2, 0.25) is 0 Å². The van der Waals surface area contributed by atoms with Gasteiger partial charge >= 0.3 is 6.55 Å². The van der Waals surface area contributed by atoms with Gasteiger partial charge in [0.1, 0.15) is 5.69 Å². The number of rotatable bonds is 4. The summed E-state index contributed by atoms with van der Waals surface area (Å²) >= 11 is 0. The van der Waals surface area contributed by atoms with E-state index in [1.54, 1.807) is 29.0 Å². The van der Waals surface area contributed by atoms with Gasteiger partial charge in [-0.05, 0) is 25.1 Å². The molecule has 1 fully saturated rings. The highest BCUT2D eigenvalue weighted by molar-refractivity contribution is 5.81. The summed E-state index contributed by atoms with van der Waals surface area (Å²) in [6.07, 6.45) is 4.56. The highest BCUT2D eigenvalue weighted by Crippen LogP contribution is 2.31. The fraction of sp³-hybridized carbons (Fsp3) is 0.333. The summed E-state index contributed by atoms with van der Waals surface area (Å²) in [7, 11) is 0. The molecule has 0 saturated carbocycles. The second-order valence-electron chi connectivity index (χ2n) is 6.84. The van der Waals surface area contributed by atoms with Gasteiger partial charge in [0.05, 0.1) is 36.7 Å². The number of ether oxygens (including phenoxy) is 1. The summed E-state index contributed by atoms with van der Waals surface area (Å²) in [6.45, 7) is 1.22. The van der Waals surface area contributed by atoms with Crippen molar-refractivity contribution in [1.29, 1.82) is 0 Å².